The number of nitrogens with zero attached hydrogens (tertiary/aromatic N) is 2. The highest BCUT2D eigenvalue weighted by atomic mass is 79.9. The Bertz CT molecular complexity index is 506. The van der Waals surface area contributed by atoms with E-state index in [4.69, 9.17) is 0 Å². The maximum Gasteiger partial charge on any atom is 0.183 e. The third-order valence-electron chi connectivity index (χ3n) is 2.77. The van der Waals surface area contributed by atoms with Crippen LogP contribution in [0.2, 0.25) is 0 Å². The molecule has 2 heterocycles. The van der Waals surface area contributed by atoms with E-state index in [0.29, 0.717) is 0 Å². The quantitative estimate of drug-likeness (QED) is 0.811. The van der Waals surface area contributed by atoms with Crippen molar-refractivity contribution < 1.29 is 0 Å². The lowest BCUT2D eigenvalue weighted by atomic mass is 10.2. The lowest BCUT2D eigenvalue weighted by Gasteiger charge is -1.99. The molecule has 2 aromatic rings. The molecule has 1 fully saturated rings. The third kappa shape index (κ3) is 4.28. The molecule has 0 saturated heterocycles. The molecule has 0 unspecified atom stereocenters. The lowest BCUT2D eigenvalue weighted by molar-refractivity contribution is 0.887. The summed E-state index contributed by atoms with van der Waals surface area (Å²) in [7, 11) is 0. The van der Waals surface area contributed by atoms with E-state index < -0.39 is 0 Å². The molecule has 1 aliphatic rings. The Morgan fingerprint density at radius 3 is 2.79 bits per heavy atom. The minimum absolute atomic E-state index is 0.851. The van der Waals surface area contributed by atoms with E-state index >= 15 is 0 Å². The highest BCUT2D eigenvalue weighted by Crippen LogP contribution is 2.30. The summed E-state index contributed by atoms with van der Waals surface area (Å²) in [4.78, 5) is 8.77. The summed E-state index contributed by atoms with van der Waals surface area (Å²) in [6.07, 6.45) is 4.56. The van der Waals surface area contributed by atoms with Crippen LogP contribution >= 0.6 is 27.3 Å². The molecule has 0 aromatic carbocycles. The predicted molar refractivity (Wildman–Crippen MR) is 85.6 cm³/mol. The summed E-state index contributed by atoms with van der Waals surface area (Å²) >= 11 is 4.99. The minimum Gasteiger partial charge on any atom is -0.361 e. The van der Waals surface area contributed by atoms with Crippen molar-refractivity contribution in [1.29, 1.82) is 0 Å². The first kappa shape index (κ1) is 14.5. The van der Waals surface area contributed by atoms with Crippen LogP contribution in [0.25, 0.3) is 11.3 Å². The number of aromatic nitrogens is 2. The molecule has 1 saturated carbocycles. The number of thiazole rings is 1. The zero-order valence-electron chi connectivity index (χ0n) is 11.2. The molecule has 19 heavy (non-hydrogen) atoms. The van der Waals surface area contributed by atoms with Gasteiger partial charge in [0.05, 0.1) is 5.69 Å². The van der Waals surface area contributed by atoms with Crippen molar-refractivity contribution >= 4 is 32.4 Å². The molecule has 102 valence electrons. The van der Waals surface area contributed by atoms with Crippen molar-refractivity contribution in [2.75, 3.05) is 11.9 Å². The molecular weight excluding hydrogens is 322 g/mol. The summed E-state index contributed by atoms with van der Waals surface area (Å²) in [5.41, 5.74) is 2.05. The van der Waals surface area contributed by atoms with Gasteiger partial charge in [-0.3, -0.25) is 0 Å². The van der Waals surface area contributed by atoms with Crippen LogP contribution in [0.3, 0.4) is 0 Å². The number of halogens is 1. The predicted octanol–water partition coefficient (Wildman–Crippen LogP) is 4.82. The van der Waals surface area contributed by atoms with E-state index in [1.807, 2.05) is 32.2 Å². The average molecular weight is 340 g/mol. The van der Waals surface area contributed by atoms with E-state index in [9.17, 15) is 0 Å². The van der Waals surface area contributed by atoms with Crippen LogP contribution in [0.15, 0.2) is 28.3 Å². The molecule has 3 rings (SSSR count). The Kier molecular flexibility index (Phi) is 5.34. The van der Waals surface area contributed by atoms with Crippen LogP contribution in [0, 0.1) is 5.92 Å². The van der Waals surface area contributed by atoms with Gasteiger partial charge < -0.3 is 5.32 Å². The molecule has 0 atom stereocenters. The normalized spacial score (nSPS) is 13.6. The number of nitrogens with one attached hydrogen (secondary N) is 1. The van der Waals surface area contributed by atoms with Gasteiger partial charge in [0.2, 0.25) is 0 Å². The standard InChI is InChI=1S/C12H12BrN3S.C2H6/c13-11-4-3-9(6-14-11)10-7-17-12(16-10)15-5-8-1-2-8;1-2/h3-4,6-8H,1-2,5H2,(H,15,16);1-2H3. The van der Waals surface area contributed by atoms with Crippen molar-refractivity contribution in [2.24, 2.45) is 5.92 Å². The average Bonchev–Trinajstić information content (AvgIpc) is 3.17. The van der Waals surface area contributed by atoms with Crippen LogP contribution in [-0.4, -0.2) is 16.5 Å². The molecule has 5 heteroatoms. The zero-order valence-corrected chi connectivity index (χ0v) is 13.6. The molecule has 0 spiro atoms. The van der Waals surface area contributed by atoms with Gasteiger partial charge in [-0.05, 0) is 46.8 Å². The molecule has 0 radical (unpaired) electrons. The second-order valence-electron chi connectivity index (χ2n) is 4.23. The van der Waals surface area contributed by atoms with E-state index in [1.54, 1.807) is 11.3 Å². The van der Waals surface area contributed by atoms with E-state index in [-0.39, 0.29) is 0 Å². The van der Waals surface area contributed by atoms with Gasteiger partial charge in [-0.15, -0.1) is 11.3 Å². The van der Waals surface area contributed by atoms with Gasteiger partial charge in [0, 0.05) is 23.7 Å². The van der Waals surface area contributed by atoms with Crippen LogP contribution in [0.1, 0.15) is 26.7 Å². The highest BCUT2D eigenvalue weighted by molar-refractivity contribution is 9.10. The maximum absolute atomic E-state index is 4.56. The molecular formula is C14H18BrN3S. The Balaban J connectivity index is 0.000000637. The van der Waals surface area contributed by atoms with Gasteiger partial charge in [-0.25, -0.2) is 9.97 Å². The van der Waals surface area contributed by atoms with Gasteiger partial charge >= 0.3 is 0 Å². The van der Waals surface area contributed by atoms with Crippen molar-refractivity contribution in [1.82, 2.24) is 9.97 Å². The fourth-order valence-electron chi connectivity index (χ4n) is 1.57. The first-order valence-electron chi connectivity index (χ1n) is 6.62. The van der Waals surface area contributed by atoms with Gasteiger partial charge in [-0.2, -0.15) is 0 Å². The van der Waals surface area contributed by atoms with Gasteiger partial charge in [0.15, 0.2) is 5.13 Å². The Morgan fingerprint density at radius 2 is 2.16 bits per heavy atom. The molecule has 1 aliphatic carbocycles. The zero-order chi connectivity index (χ0) is 13.7. The summed E-state index contributed by atoms with van der Waals surface area (Å²) in [6.45, 7) is 5.06. The molecule has 0 bridgehead atoms. The topological polar surface area (TPSA) is 37.8 Å². The summed E-state index contributed by atoms with van der Waals surface area (Å²) in [5.74, 6) is 0.872. The minimum atomic E-state index is 0.851. The molecule has 2 aromatic heterocycles. The van der Waals surface area contributed by atoms with Gasteiger partial charge in [0.1, 0.15) is 4.60 Å². The van der Waals surface area contributed by atoms with Crippen molar-refractivity contribution in [3.8, 4) is 11.3 Å². The first-order valence-corrected chi connectivity index (χ1v) is 8.30. The van der Waals surface area contributed by atoms with Gasteiger partial charge in [-0.1, -0.05) is 13.8 Å². The number of rotatable bonds is 4. The van der Waals surface area contributed by atoms with Crippen molar-refractivity contribution in [3.63, 3.8) is 0 Å². The largest absolute Gasteiger partial charge is 0.361 e. The van der Waals surface area contributed by atoms with Gasteiger partial charge in [0.25, 0.3) is 0 Å². The molecule has 1 N–H and O–H groups in total. The second kappa shape index (κ2) is 7.01. The van der Waals surface area contributed by atoms with E-state index in [0.717, 1.165) is 33.5 Å². The maximum atomic E-state index is 4.56. The molecule has 0 amide bonds. The number of anilines is 1. The Morgan fingerprint density at radius 1 is 1.37 bits per heavy atom. The Hall–Kier alpha value is -0.940. The fraction of sp³-hybridized carbons (Fsp3) is 0.429. The SMILES string of the molecule is Brc1ccc(-c2csc(NCC3CC3)n2)cn1.CC. The lowest BCUT2D eigenvalue weighted by Crippen LogP contribution is -2.02. The van der Waals surface area contributed by atoms with Crippen molar-refractivity contribution in [2.45, 2.75) is 26.7 Å². The Labute approximate surface area is 126 Å². The van der Waals surface area contributed by atoms with Crippen molar-refractivity contribution in [3.05, 3.63) is 28.3 Å². The summed E-state index contributed by atoms with van der Waals surface area (Å²) in [6, 6.07) is 3.96. The summed E-state index contributed by atoms with van der Waals surface area (Å²) in [5, 5.41) is 6.46. The van der Waals surface area contributed by atoms with Crippen LogP contribution in [-0.2, 0) is 0 Å². The second-order valence-corrected chi connectivity index (χ2v) is 5.90. The van der Waals surface area contributed by atoms with Crippen LogP contribution in [0.4, 0.5) is 5.13 Å². The van der Waals surface area contributed by atoms with Crippen LogP contribution < -0.4 is 5.32 Å². The summed E-state index contributed by atoms with van der Waals surface area (Å²) < 4.78 is 0.851. The van der Waals surface area contributed by atoms with Crippen LogP contribution in [0.5, 0.6) is 0 Å². The molecule has 0 aliphatic heterocycles. The number of pyridine rings is 1. The smallest absolute Gasteiger partial charge is 0.183 e. The fourth-order valence-corrected chi connectivity index (χ4v) is 2.53. The third-order valence-corrected chi connectivity index (χ3v) is 4.04. The van der Waals surface area contributed by atoms with E-state index in [2.05, 4.69) is 36.6 Å². The van der Waals surface area contributed by atoms with E-state index in [1.165, 1.54) is 12.8 Å². The molecule has 3 nitrogen and oxygen atoms in total. The first-order chi connectivity index (χ1) is 9.31. The number of hydrogen-bond acceptors (Lipinski definition) is 4. The number of hydrogen-bond donors (Lipinski definition) is 1. The monoisotopic (exact) mass is 339 g/mol. The highest BCUT2D eigenvalue weighted by Gasteiger charge is 2.21.